The summed E-state index contributed by atoms with van der Waals surface area (Å²) < 4.78 is 43.3. The molecule has 0 bridgehead atoms. The summed E-state index contributed by atoms with van der Waals surface area (Å²) in [6.45, 7) is 4.57. The van der Waals surface area contributed by atoms with E-state index in [0.717, 1.165) is 12.1 Å². The lowest BCUT2D eigenvalue weighted by Gasteiger charge is -2.10. The highest BCUT2D eigenvalue weighted by Gasteiger charge is 2.33. The first-order valence-corrected chi connectivity index (χ1v) is 7.18. The van der Waals surface area contributed by atoms with Crippen molar-refractivity contribution in [2.45, 2.75) is 32.7 Å². The van der Waals surface area contributed by atoms with Crippen molar-refractivity contribution in [2.75, 3.05) is 0 Å². The van der Waals surface area contributed by atoms with Gasteiger partial charge in [-0.05, 0) is 29.6 Å². The maximum Gasteiger partial charge on any atom is 0.673 e. The van der Waals surface area contributed by atoms with Crippen molar-refractivity contribution in [3.63, 3.8) is 0 Å². The first-order valence-electron chi connectivity index (χ1n) is 7.18. The number of fused-ring (bicyclic) bond motifs is 1. The third-order valence-corrected chi connectivity index (χ3v) is 3.57. The Morgan fingerprint density at radius 1 is 1.18 bits per heavy atom. The molecule has 120 valence electrons. The molecule has 0 spiro atoms. The van der Waals surface area contributed by atoms with Crippen LogP contribution in [0.2, 0.25) is 0 Å². The van der Waals surface area contributed by atoms with E-state index in [0.29, 0.717) is 12.0 Å². The van der Waals surface area contributed by atoms with Gasteiger partial charge in [-0.3, -0.25) is 0 Å². The van der Waals surface area contributed by atoms with E-state index in [2.05, 4.69) is 42.0 Å². The van der Waals surface area contributed by atoms with Gasteiger partial charge < -0.3 is 17.3 Å². The van der Waals surface area contributed by atoms with E-state index < -0.39 is 7.25 Å². The molecule has 2 aromatic rings. The van der Waals surface area contributed by atoms with Crippen LogP contribution in [0.1, 0.15) is 32.1 Å². The Kier molecular flexibility index (Phi) is 4.88. The van der Waals surface area contributed by atoms with Crippen molar-refractivity contribution in [2.24, 2.45) is 5.92 Å². The second-order valence-electron chi connectivity index (χ2n) is 5.56. The van der Waals surface area contributed by atoms with Gasteiger partial charge in [0.1, 0.15) is 6.04 Å². The van der Waals surface area contributed by atoms with E-state index in [-0.39, 0.29) is 0 Å². The van der Waals surface area contributed by atoms with Gasteiger partial charge in [-0.2, -0.15) is 0 Å². The van der Waals surface area contributed by atoms with Crippen molar-refractivity contribution >= 4 is 7.25 Å². The number of benzene rings is 1. The van der Waals surface area contributed by atoms with Crippen LogP contribution in [0.4, 0.5) is 17.3 Å². The number of aryl methyl sites for hydroxylation is 1. The topological polar surface area (TPSA) is 21.7 Å². The SMILES string of the molecule is CC(C)[C@H]1CCc2n[n+](-c3ccccc3)cn21.F[B-](F)(F)F. The number of rotatable bonds is 2. The second kappa shape index (κ2) is 6.50. The number of nitrogens with zero attached hydrogens (tertiary/aromatic N) is 3. The van der Waals surface area contributed by atoms with E-state index in [1.807, 2.05) is 22.9 Å². The van der Waals surface area contributed by atoms with Crippen LogP contribution in [0.15, 0.2) is 36.7 Å². The van der Waals surface area contributed by atoms with Crippen molar-refractivity contribution in [3.05, 3.63) is 42.5 Å². The molecular weight excluding hydrogens is 297 g/mol. The minimum Gasteiger partial charge on any atom is -0.418 e. The number of hydrogen-bond acceptors (Lipinski definition) is 1. The molecule has 0 unspecified atom stereocenters. The zero-order chi connectivity index (χ0) is 16.3. The lowest BCUT2D eigenvalue weighted by molar-refractivity contribution is -0.658. The fourth-order valence-corrected chi connectivity index (χ4v) is 2.62. The first-order chi connectivity index (χ1) is 10.3. The molecule has 1 aliphatic rings. The average molecular weight is 315 g/mol. The highest BCUT2D eigenvalue weighted by Crippen LogP contribution is 2.29. The molecule has 0 fully saturated rings. The maximum atomic E-state index is 9.75. The zero-order valence-electron chi connectivity index (χ0n) is 12.5. The van der Waals surface area contributed by atoms with E-state index in [4.69, 9.17) is 0 Å². The third-order valence-electron chi connectivity index (χ3n) is 3.57. The van der Waals surface area contributed by atoms with E-state index in [9.17, 15) is 17.3 Å². The van der Waals surface area contributed by atoms with Gasteiger partial charge in [-0.1, -0.05) is 32.0 Å². The van der Waals surface area contributed by atoms with Gasteiger partial charge in [-0.15, -0.1) is 4.68 Å². The largest absolute Gasteiger partial charge is 0.673 e. The summed E-state index contributed by atoms with van der Waals surface area (Å²) in [5.41, 5.74) is 1.14. The molecular formula is C14H18BF4N3. The van der Waals surface area contributed by atoms with E-state index in [1.54, 1.807) is 0 Å². The fraction of sp³-hybridized carbons (Fsp3) is 0.429. The Morgan fingerprint density at radius 3 is 2.32 bits per heavy atom. The first kappa shape index (κ1) is 16.5. The highest BCUT2D eigenvalue weighted by molar-refractivity contribution is 6.50. The number of hydrogen-bond donors (Lipinski definition) is 0. The van der Waals surface area contributed by atoms with E-state index in [1.165, 1.54) is 12.2 Å². The van der Waals surface area contributed by atoms with Gasteiger partial charge in [0.25, 0.3) is 6.33 Å². The molecule has 0 amide bonds. The molecule has 2 heterocycles. The Labute approximate surface area is 126 Å². The summed E-state index contributed by atoms with van der Waals surface area (Å²) in [5, 5.41) is 4.67. The lowest BCUT2D eigenvalue weighted by Crippen LogP contribution is -2.32. The van der Waals surface area contributed by atoms with Crippen LogP contribution < -0.4 is 4.68 Å². The monoisotopic (exact) mass is 315 g/mol. The summed E-state index contributed by atoms with van der Waals surface area (Å²) in [6.07, 6.45) is 4.47. The van der Waals surface area contributed by atoms with Gasteiger partial charge in [0.05, 0.1) is 0 Å². The van der Waals surface area contributed by atoms with Crippen LogP contribution in [0, 0.1) is 5.92 Å². The van der Waals surface area contributed by atoms with Crippen molar-refractivity contribution in [1.82, 2.24) is 9.67 Å². The molecule has 0 aliphatic carbocycles. The van der Waals surface area contributed by atoms with Gasteiger partial charge >= 0.3 is 7.25 Å². The van der Waals surface area contributed by atoms with Crippen molar-refractivity contribution in [1.29, 1.82) is 0 Å². The summed E-state index contributed by atoms with van der Waals surface area (Å²) in [4.78, 5) is 0. The Morgan fingerprint density at radius 2 is 1.77 bits per heavy atom. The van der Waals surface area contributed by atoms with Crippen LogP contribution in [0.3, 0.4) is 0 Å². The fourth-order valence-electron chi connectivity index (χ4n) is 2.62. The molecule has 3 rings (SSSR count). The van der Waals surface area contributed by atoms with Crippen LogP contribution in [-0.4, -0.2) is 16.9 Å². The normalized spacial score (nSPS) is 17.1. The summed E-state index contributed by atoms with van der Waals surface area (Å²) in [7, 11) is -6.00. The van der Waals surface area contributed by atoms with Crippen LogP contribution in [-0.2, 0) is 6.42 Å². The zero-order valence-corrected chi connectivity index (χ0v) is 12.5. The smallest absolute Gasteiger partial charge is 0.418 e. The maximum absolute atomic E-state index is 9.75. The standard InChI is InChI=1S/C14H18N3.BF4/c1-11(2)13-8-9-14-15-17(10-16(13)14)12-6-4-3-5-7-12;2-1(3,4)5/h3-7,10-11,13H,8-9H2,1-2H3;/q+1;-1/t13-;/m1./s1. The van der Waals surface area contributed by atoms with Crippen molar-refractivity contribution in [3.8, 4) is 5.69 Å². The summed E-state index contributed by atoms with van der Waals surface area (Å²) in [5.74, 6) is 1.89. The highest BCUT2D eigenvalue weighted by atomic mass is 19.5. The lowest BCUT2D eigenvalue weighted by atomic mass is 10.0. The van der Waals surface area contributed by atoms with Gasteiger partial charge in [0.15, 0.2) is 5.69 Å². The molecule has 0 radical (unpaired) electrons. The van der Waals surface area contributed by atoms with Gasteiger partial charge in [0, 0.05) is 6.42 Å². The molecule has 1 aliphatic heterocycles. The molecule has 1 atom stereocenters. The van der Waals surface area contributed by atoms with Crippen LogP contribution >= 0.6 is 0 Å². The Balaban J connectivity index is 0.000000309. The number of halogens is 4. The minimum atomic E-state index is -6.00. The van der Waals surface area contributed by atoms with Crippen molar-refractivity contribution < 1.29 is 21.9 Å². The molecule has 1 aromatic carbocycles. The molecule has 0 saturated heterocycles. The summed E-state index contributed by atoms with van der Waals surface area (Å²) in [6, 6.07) is 10.9. The molecule has 8 heteroatoms. The Hall–Kier alpha value is -1.86. The number of para-hydroxylation sites is 1. The van der Waals surface area contributed by atoms with Crippen LogP contribution in [0.5, 0.6) is 0 Å². The predicted octanol–water partition coefficient (Wildman–Crippen LogP) is 3.60. The predicted molar refractivity (Wildman–Crippen MR) is 76.1 cm³/mol. The van der Waals surface area contributed by atoms with Gasteiger partial charge in [0.2, 0.25) is 5.82 Å². The molecule has 22 heavy (non-hydrogen) atoms. The van der Waals surface area contributed by atoms with E-state index >= 15 is 0 Å². The average Bonchev–Trinajstić information content (AvgIpc) is 2.96. The van der Waals surface area contributed by atoms with Crippen LogP contribution in [0.25, 0.3) is 5.69 Å². The molecule has 0 saturated carbocycles. The quantitative estimate of drug-likeness (QED) is 0.471. The second-order valence-corrected chi connectivity index (χ2v) is 5.56. The minimum absolute atomic E-state index is 0.613. The Bertz CT molecular complexity index is 604. The summed E-state index contributed by atoms with van der Waals surface area (Å²) >= 11 is 0. The van der Waals surface area contributed by atoms with Gasteiger partial charge in [-0.25, -0.2) is 4.57 Å². The third kappa shape index (κ3) is 4.32. The molecule has 3 nitrogen and oxygen atoms in total. The number of aromatic nitrogens is 3. The molecule has 1 aromatic heterocycles. The molecule has 0 N–H and O–H groups in total.